The first kappa shape index (κ1) is 24.6. The Balaban J connectivity index is 1.66. The van der Waals surface area contributed by atoms with Crippen molar-refractivity contribution in [1.82, 2.24) is 9.13 Å². The molecule has 0 fully saturated rings. The van der Waals surface area contributed by atoms with Crippen LogP contribution in [0.4, 0.5) is 5.82 Å². The Bertz CT molecular complexity index is 1550. The van der Waals surface area contributed by atoms with Crippen molar-refractivity contribution < 1.29 is 14.3 Å². The predicted octanol–water partition coefficient (Wildman–Crippen LogP) is 3.87. The van der Waals surface area contributed by atoms with Gasteiger partial charge in [0, 0.05) is 37.7 Å². The molecule has 1 N–H and O–H groups in total. The Morgan fingerprint density at radius 2 is 1.70 bits per heavy atom. The van der Waals surface area contributed by atoms with Gasteiger partial charge in [0.05, 0.1) is 12.7 Å². The number of fused-ring (bicyclic) bond motifs is 1. The lowest BCUT2D eigenvalue weighted by atomic mass is 9.69. The van der Waals surface area contributed by atoms with Gasteiger partial charge in [0.25, 0.3) is 5.56 Å². The fraction of sp³-hybridized carbons (Fsp3) is 0.345. The maximum atomic E-state index is 13.5. The van der Waals surface area contributed by atoms with E-state index in [4.69, 9.17) is 9.47 Å². The maximum absolute atomic E-state index is 13.5. The molecule has 0 amide bonds. The molecule has 37 heavy (non-hydrogen) atoms. The highest BCUT2D eigenvalue weighted by Crippen LogP contribution is 2.48. The molecule has 1 aromatic heterocycles. The van der Waals surface area contributed by atoms with Crippen molar-refractivity contribution in [2.24, 2.45) is 19.5 Å². The number of nitrogens with one attached hydrogen (secondary N) is 1. The fourth-order valence-electron chi connectivity index (χ4n) is 5.40. The van der Waals surface area contributed by atoms with Gasteiger partial charge in [0.2, 0.25) is 0 Å². The van der Waals surface area contributed by atoms with E-state index in [2.05, 4.69) is 5.32 Å². The van der Waals surface area contributed by atoms with Gasteiger partial charge in [-0.15, -0.1) is 0 Å². The van der Waals surface area contributed by atoms with Crippen LogP contribution in [0.25, 0.3) is 0 Å². The van der Waals surface area contributed by atoms with Crippen LogP contribution in [0.2, 0.25) is 0 Å². The van der Waals surface area contributed by atoms with Gasteiger partial charge in [0.15, 0.2) is 17.3 Å². The number of hydrogen-bond acceptors (Lipinski definition) is 6. The van der Waals surface area contributed by atoms with Crippen molar-refractivity contribution >= 4 is 11.6 Å². The number of hydrogen-bond donors (Lipinski definition) is 1. The number of rotatable bonds is 5. The third-order valence-electron chi connectivity index (χ3n) is 7.22. The molecule has 0 bridgehead atoms. The van der Waals surface area contributed by atoms with E-state index in [0.717, 1.165) is 21.4 Å². The smallest absolute Gasteiger partial charge is 0.332 e. The van der Waals surface area contributed by atoms with Gasteiger partial charge >= 0.3 is 5.69 Å². The summed E-state index contributed by atoms with van der Waals surface area (Å²) < 4.78 is 14.2. The first-order valence-electron chi connectivity index (χ1n) is 12.3. The zero-order valence-corrected chi connectivity index (χ0v) is 21.8. The summed E-state index contributed by atoms with van der Waals surface area (Å²) in [4.78, 5) is 39.8. The molecule has 1 aliphatic carbocycles. The van der Waals surface area contributed by atoms with E-state index >= 15 is 0 Å². The molecular formula is C29H31N3O5. The molecular weight excluding hydrogens is 470 g/mol. The average molecular weight is 502 g/mol. The molecule has 2 aromatic carbocycles. The van der Waals surface area contributed by atoms with Gasteiger partial charge < -0.3 is 14.8 Å². The van der Waals surface area contributed by atoms with Gasteiger partial charge in [-0.2, -0.15) is 0 Å². The van der Waals surface area contributed by atoms with E-state index in [1.54, 1.807) is 14.2 Å². The summed E-state index contributed by atoms with van der Waals surface area (Å²) in [5, 5.41) is 3.29. The van der Waals surface area contributed by atoms with Gasteiger partial charge in [0.1, 0.15) is 12.4 Å². The Labute approximate surface area is 215 Å². The zero-order chi connectivity index (χ0) is 26.5. The van der Waals surface area contributed by atoms with Crippen LogP contribution < -0.4 is 26.0 Å². The molecule has 0 radical (unpaired) electrons. The molecule has 8 nitrogen and oxygen atoms in total. The average Bonchev–Trinajstić information content (AvgIpc) is 2.88. The largest absolute Gasteiger partial charge is 0.493 e. The molecule has 0 spiro atoms. The summed E-state index contributed by atoms with van der Waals surface area (Å²) >= 11 is 0. The number of anilines is 1. The number of ketones is 1. The number of nitrogens with zero attached hydrogens (tertiary/aromatic N) is 2. The number of ether oxygens (including phenoxy) is 2. The second kappa shape index (κ2) is 9.10. The second-order valence-electron chi connectivity index (χ2n) is 10.5. The number of benzene rings is 2. The third-order valence-corrected chi connectivity index (χ3v) is 7.22. The van der Waals surface area contributed by atoms with Crippen LogP contribution in [-0.4, -0.2) is 22.0 Å². The van der Waals surface area contributed by atoms with Crippen LogP contribution in [-0.2, 0) is 25.5 Å². The number of aromatic nitrogens is 2. The summed E-state index contributed by atoms with van der Waals surface area (Å²) in [7, 11) is 4.65. The molecule has 1 atom stereocenters. The molecule has 1 unspecified atom stereocenters. The van der Waals surface area contributed by atoms with E-state index in [0.29, 0.717) is 47.9 Å². The van der Waals surface area contributed by atoms with Crippen molar-refractivity contribution in [3.05, 3.63) is 97.3 Å². The summed E-state index contributed by atoms with van der Waals surface area (Å²) in [6, 6.07) is 15.3. The molecule has 5 rings (SSSR count). The normalized spacial score (nSPS) is 18.1. The number of allylic oxidation sites excluding steroid dienone is 2. The molecule has 2 heterocycles. The minimum absolute atomic E-state index is 0.00585. The SMILES string of the molecule is COc1cc(C2C3=C(CC(C)(C)CC3=O)Nc3c2c(=O)n(C)c(=O)n3C)ccc1OCc1ccccc1. The van der Waals surface area contributed by atoms with Crippen molar-refractivity contribution in [3.63, 3.8) is 0 Å². The standard InChI is InChI=1S/C29H31N3O5/c1-29(2)14-19-24(20(33)15-29)23(25-26(30-19)31(3)28(35)32(4)27(25)34)18-11-12-21(22(13-18)36-5)37-16-17-9-7-6-8-10-17/h6-13,23,30H,14-16H2,1-5H3. The van der Waals surface area contributed by atoms with E-state index in [-0.39, 0.29) is 11.2 Å². The predicted molar refractivity (Wildman–Crippen MR) is 141 cm³/mol. The van der Waals surface area contributed by atoms with Gasteiger partial charge in [-0.1, -0.05) is 50.2 Å². The molecule has 1 aliphatic heterocycles. The Morgan fingerprint density at radius 3 is 2.41 bits per heavy atom. The van der Waals surface area contributed by atoms with E-state index < -0.39 is 17.2 Å². The quantitative estimate of drug-likeness (QED) is 0.571. The lowest BCUT2D eigenvalue weighted by molar-refractivity contribution is -0.118. The highest BCUT2D eigenvalue weighted by atomic mass is 16.5. The highest BCUT2D eigenvalue weighted by molar-refractivity contribution is 6.01. The van der Waals surface area contributed by atoms with Gasteiger partial charge in [-0.05, 0) is 35.1 Å². The van der Waals surface area contributed by atoms with Crippen molar-refractivity contribution in [3.8, 4) is 11.5 Å². The van der Waals surface area contributed by atoms with Crippen molar-refractivity contribution in [2.75, 3.05) is 12.4 Å². The molecule has 8 heteroatoms. The lowest BCUT2D eigenvalue weighted by Crippen LogP contribution is -2.45. The van der Waals surface area contributed by atoms with Crippen LogP contribution >= 0.6 is 0 Å². The number of methoxy groups -OCH3 is 1. The molecule has 3 aromatic rings. The summed E-state index contributed by atoms with van der Waals surface area (Å²) in [6.45, 7) is 4.47. The molecule has 0 saturated carbocycles. The van der Waals surface area contributed by atoms with Gasteiger partial charge in [-0.25, -0.2) is 4.79 Å². The second-order valence-corrected chi connectivity index (χ2v) is 10.5. The Hall–Kier alpha value is -4.07. The first-order valence-corrected chi connectivity index (χ1v) is 12.3. The van der Waals surface area contributed by atoms with Crippen molar-refractivity contribution in [1.29, 1.82) is 0 Å². The third kappa shape index (κ3) is 4.26. The van der Waals surface area contributed by atoms with E-state index in [1.165, 1.54) is 11.6 Å². The minimum atomic E-state index is -0.641. The monoisotopic (exact) mass is 501 g/mol. The number of Topliss-reactive ketones (excluding diaryl/α,β-unsaturated/α-hetero) is 1. The van der Waals surface area contributed by atoms with Crippen LogP contribution in [0.15, 0.2) is 69.4 Å². The summed E-state index contributed by atoms with van der Waals surface area (Å²) in [6.07, 6.45) is 1.00. The molecule has 2 aliphatic rings. The van der Waals surface area contributed by atoms with Crippen LogP contribution in [0, 0.1) is 5.41 Å². The van der Waals surface area contributed by atoms with Crippen molar-refractivity contribution in [2.45, 2.75) is 39.2 Å². The van der Waals surface area contributed by atoms with Crippen LogP contribution in [0.5, 0.6) is 11.5 Å². The molecule has 0 saturated heterocycles. The van der Waals surface area contributed by atoms with E-state index in [9.17, 15) is 14.4 Å². The van der Waals surface area contributed by atoms with Crippen LogP contribution in [0.1, 0.15) is 49.3 Å². The van der Waals surface area contributed by atoms with E-state index in [1.807, 2.05) is 62.4 Å². The van der Waals surface area contributed by atoms with Gasteiger partial charge in [-0.3, -0.25) is 18.7 Å². The zero-order valence-electron chi connectivity index (χ0n) is 21.8. The highest BCUT2D eigenvalue weighted by Gasteiger charge is 2.43. The fourth-order valence-corrected chi connectivity index (χ4v) is 5.40. The molecule has 192 valence electrons. The number of carbonyl (C=O) groups is 1. The summed E-state index contributed by atoms with van der Waals surface area (Å²) in [5.74, 6) is 0.834. The Kier molecular flexibility index (Phi) is 6.06. The lowest BCUT2D eigenvalue weighted by Gasteiger charge is -2.39. The number of carbonyl (C=O) groups excluding carboxylic acids is 1. The van der Waals surface area contributed by atoms with Crippen LogP contribution in [0.3, 0.4) is 0 Å². The maximum Gasteiger partial charge on any atom is 0.332 e. The topological polar surface area (TPSA) is 91.6 Å². The minimum Gasteiger partial charge on any atom is -0.493 e. The first-order chi connectivity index (χ1) is 17.6. The Morgan fingerprint density at radius 1 is 0.973 bits per heavy atom. The summed E-state index contributed by atoms with van der Waals surface area (Å²) in [5.41, 5.74) is 2.35.